The van der Waals surface area contributed by atoms with Crippen LogP contribution in [0.3, 0.4) is 0 Å². The highest BCUT2D eigenvalue weighted by Gasteiger charge is 2.24. The van der Waals surface area contributed by atoms with Gasteiger partial charge in [-0.25, -0.2) is 4.39 Å². The molecule has 2 atom stereocenters. The van der Waals surface area contributed by atoms with Crippen molar-refractivity contribution in [3.8, 4) is 0 Å². The fraction of sp³-hybridized carbons (Fsp3) is 1.00. The Hall–Kier alpha value is -0.110. The smallest absolute Gasteiger partial charge is 0.117 e. The van der Waals surface area contributed by atoms with E-state index in [0.717, 1.165) is 19.4 Å². The number of hydrogen-bond donors (Lipinski definition) is 1. The average Bonchev–Trinajstić information content (AvgIpc) is 2.18. The van der Waals surface area contributed by atoms with Crippen molar-refractivity contribution in [2.45, 2.75) is 38.4 Å². The van der Waals surface area contributed by atoms with E-state index >= 15 is 0 Å². The van der Waals surface area contributed by atoms with Crippen LogP contribution in [-0.2, 0) is 0 Å². The highest BCUT2D eigenvalue weighted by Crippen LogP contribution is 2.14. The van der Waals surface area contributed by atoms with E-state index in [-0.39, 0.29) is 6.04 Å². The van der Waals surface area contributed by atoms with Crippen LogP contribution in [0.25, 0.3) is 0 Å². The predicted molar refractivity (Wildman–Crippen MR) is 36.2 cm³/mol. The number of rotatable bonds is 2. The summed E-state index contributed by atoms with van der Waals surface area (Å²) in [5, 5.41) is 3.13. The third-order valence-corrected chi connectivity index (χ3v) is 1.86. The second-order valence-corrected chi connectivity index (χ2v) is 2.65. The molecular formula is C7H14FN. The Kier molecular flexibility index (Phi) is 2.46. The summed E-state index contributed by atoms with van der Waals surface area (Å²) in [4.78, 5) is 0. The van der Waals surface area contributed by atoms with Gasteiger partial charge in [-0.3, -0.25) is 0 Å². The number of halogens is 1. The number of hydrogen-bond acceptors (Lipinski definition) is 1. The maximum absolute atomic E-state index is 12.7. The zero-order chi connectivity index (χ0) is 6.69. The summed E-state index contributed by atoms with van der Waals surface area (Å²) >= 11 is 0. The molecule has 0 aromatic heterocycles. The standard InChI is InChI=1S/C7H14FN/c1-2-3-7-6(8)4-5-9-7/h6-7,9H,2-5H2,1H3. The fourth-order valence-electron chi connectivity index (χ4n) is 1.33. The van der Waals surface area contributed by atoms with Crippen molar-refractivity contribution in [1.29, 1.82) is 0 Å². The maximum atomic E-state index is 12.7. The minimum absolute atomic E-state index is 0.162. The second kappa shape index (κ2) is 3.16. The molecule has 2 unspecified atom stereocenters. The summed E-state index contributed by atoms with van der Waals surface area (Å²) in [7, 11) is 0. The fourth-order valence-corrected chi connectivity index (χ4v) is 1.33. The van der Waals surface area contributed by atoms with Gasteiger partial charge >= 0.3 is 0 Å². The minimum atomic E-state index is -0.579. The lowest BCUT2D eigenvalue weighted by Crippen LogP contribution is -2.27. The van der Waals surface area contributed by atoms with Crippen LogP contribution in [0, 0.1) is 0 Å². The zero-order valence-corrected chi connectivity index (χ0v) is 5.86. The van der Waals surface area contributed by atoms with E-state index in [0.29, 0.717) is 6.42 Å². The Labute approximate surface area is 55.6 Å². The molecule has 0 radical (unpaired) electrons. The molecule has 1 fully saturated rings. The molecule has 0 saturated carbocycles. The Morgan fingerprint density at radius 2 is 2.44 bits per heavy atom. The van der Waals surface area contributed by atoms with Gasteiger partial charge in [-0.1, -0.05) is 13.3 Å². The number of nitrogens with one attached hydrogen (secondary N) is 1. The molecule has 9 heavy (non-hydrogen) atoms. The van der Waals surface area contributed by atoms with Gasteiger partial charge < -0.3 is 5.32 Å². The molecule has 2 heteroatoms. The van der Waals surface area contributed by atoms with Gasteiger partial charge in [0, 0.05) is 6.04 Å². The van der Waals surface area contributed by atoms with Crippen molar-refractivity contribution in [3.05, 3.63) is 0 Å². The second-order valence-electron chi connectivity index (χ2n) is 2.65. The van der Waals surface area contributed by atoms with Crippen LogP contribution in [0.1, 0.15) is 26.2 Å². The molecule has 54 valence electrons. The van der Waals surface area contributed by atoms with Gasteiger partial charge in [-0.15, -0.1) is 0 Å². The summed E-state index contributed by atoms with van der Waals surface area (Å²) in [6.07, 6.45) is 2.20. The summed E-state index contributed by atoms with van der Waals surface area (Å²) < 4.78 is 12.7. The molecule has 1 heterocycles. The van der Waals surface area contributed by atoms with E-state index in [1.807, 2.05) is 0 Å². The van der Waals surface area contributed by atoms with E-state index in [1.54, 1.807) is 0 Å². The molecule has 0 aromatic carbocycles. The molecule has 0 spiro atoms. The molecule has 1 aliphatic rings. The van der Waals surface area contributed by atoms with E-state index < -0.39 is 6.17 Å². The van der Waals surface area contributed by atoms with Crippen molar-refractivity contribution in [2.24, 2.45) is 0 Å². The largest absolute Gasteiger partial charge is 0.311 e. The van der Waals surface area contributed by atoms with Gasteiger partial charge in [0.05, 0.1) is 0 Å². The van der Waals surface area contributed by atoms with Gasteiger partial charge in [-0.05, 0) is 19.4 Å². The van der Waals surface area contributed by atoms with E-state index in [9.17, 15) is 4.39 Å². The quantitative estimate of drug-likeness (QED) is 0.598. The lowest BCUT2D eigenvalue weighted by atomic mass is 10.1. The SMILES string of the molecule is CCCC1NCCC1F. The molecule has 0 bridgehead atoms. The molecule has 1 N–H and O–H groups in total. The van der Waals surface area contributed by atoms with Crippen LogP contribution in [0.4, 0.5) is 4.39 Å². The molecule has 1 nitrogen and oxygen atoms in total. The third kappa shape index (κ3) is 1.65. The summed E-state index contributed by atoms with van der Waals surface area (Å²) in [5.41, 5.74) is 0. The Morgan fingerprint density at radius 1 is 1.67 bits per heavy atom. The molecule has 0 aliphatic carbocycles. The first-order chi connectivity index (χ1) is 4.34. The van der Waals surface area contributed by atoms with Crippen molar-refractivity contribution in [1.82, 2.24) is 5.32 Å². The Bertz CT molecular complexity index is 85.0. The van der Waals surface area contributed by atoms with Gasteiger partial charge in [0.1, 0.15) is 6.17 Å². The lowest BCUT2D eigenvalue weighted by molar-refractivity contribution is 0.290. The molecule has 0 aromatic rings. The number of alkyl halides is 1. The molecule has 1 rings (SSSR count). The molecule has 1 aliphatic heterocycles. The van der Waals surface area contributed by atoms with Gasteiger partial charge in [0.15, 0.2) is 0 Å². The Morgan fingerprint density at radius 3 is 2.89 bits per heavy atom. The van der Waals surface area contributed by atoms with Gasteiger partial charge in [0.2, 0.25) is 0 Å². The topological polar surface area (TPSA) is 12.0 Å². The van der Waals surface area contributed by atoms with E-state index in [4.69, 9.17) is 0 Å². The van der Waals surface area contributed by atoms with Crippen LogP contribution in [0.2, 0.25) is 0 Å². The highest BCUT2D eigenvalue weighted by atomic mass is 19.1. The lowest BCUT2D eigenvalue weighted by Gasteiger charge is -2.09. The summed E-state index contributed by atoms with van der Waals surface area (Å²) in [6, 6.07) is 0.162. The van der Waals surface area contributed by atoms with Crippen LogP contribution >= 0.6 is 0 Å². The van der Waals surface area contributed by atoms with Crippen molar-refractivity contribution >= 4 is 0 Å². The van der Waals surface area contributed by atoms with E-state index in [2.05, 4.69) is 12.2 Å². The van der Waals surface area contributed by atoms with Crippen LogP contribution in [0.5, 0.6) is 0 Å². The van der Waals surface area contributed by atoms with Crippen LogP contribution in [0.15, 0.2) is 0 Å². The van der Waals surface area contributed by atoms with Crippen LogP contribution in [-0.4, -0.2) is 18.8 Å². The summed E-state index contributed by atoms with van der Waals surface area (Å²) in [6.45, 7) is 2.96. The molecule has 1 saturated heterocycles. The third-order valence-electron chi connectivity index (χ3n) is 1.86. The first-order valence-corrected chi connectivity index (χ1v) is 3.72. The zero-order valence-electron chi connectivity index (χ0n) is 5.86. The van der Waals surface area contributed by atoms with Crippen molar-refractivity contribution in [2.75, 3.05) is 6.54 Å². The maximum Gasteiger partial charge on any atom is 0.117 e. The Balaban J connectivity index is 2.22. The molecular weight excluding hydrogens is 117 g/mol. The first kappa shape index (κ1) is 7.00. The minimum Gasteiger partial charge on any atom is -0.311 e. The van der Waals surface area contributed by atoms with Crippen molar-refractivity contribution < 1.29 is 4.39 Å². The average molecular weight is 131 g/mol. The molecule has 0 amide bonds. The monoisotopic (exact) mass is 131 g/mol. The first-order valence-electron chi connectivity index (χ1n) is 3.72. The highest BCUT2D eigenvalue weighted by molar-refractivity contribution is 4.82. The van der Waals surface area contributed by atoms with Gasteiger partial charge in [-0.2, -0.15) is 0 Å². The predicted octanol–water partition coefficient (Wildman–Crippen LogP) is 1.49. The van der Waals surface area contributed by atoms with Crippen molar-refractivity contribution in [3.63, 3.8) is 0 Å². The van der Waals surface area contributed by atoms with Crippen LogP contribution < -0.4 is 5.32 Å². The van der Waals surface area contributed by atoms with Gasteiger partial charge in [0.25, 0.3) is 0 Å². The summed E-state index contributed by atoms with van der Waals surface area (Å²) in [5.74, 6) is 0. The normalized spacial score (nSPS) is 35.3. The van der Waals surface area contributed by atoms with E-state index in [1.165, 1.54) is 0 Å².